The Morgan fingerprint density at radius 1 is 1.47 bits per heavy atom. The first-order chi connectivity index (χ1) is 9.08. The number of hydrogen-bond acceptors (Lipinski definition) is 3. The molecule has 0 fully saturated rings. The molecule has 0 aromatic heterocycles. The highest BCUT2D eigenvalue weighted by atomic mass is 16.5. The summed E-state index contributed by atoms with van der Waals surface area (Å²) in [5, 5.41) is 11.1. The Hall–Kier alpha value is -2.02. The van der Waals surface area contributed by atoms with Gasteiger partial charge in [-0.1, -0.05) is 26.0 Å². The first-order valence-corrected chi connectivity index (χ1v) is 6.39. The topological polar surface area (TPSA) is 62.1 Å². The summed E-state index contributed by atoms with van der Waals surface area (Å²) in [5.41, 5.74) is 2.29. The third-order valence-corrected chi connectivity index (χ3v) is 2.93. The van der Waals surface area contributed by atoms with Crippen molar-refractivity contribution in [1.82, 2.24) is 5.32 Å². The molecule has 0 spiro atoms. The second kappa shape index (κ2) is 7.42. The van der Waals surface area contributed by atoms with Crippen molar-refractivity contribution >= 4 is 5.91 Å². The van der Waals surface area contributed by atoms with E-state index in [-0.39, 0.29) is 12.3 Å². The summed E-state index contributed by atoms with van der Waals surface area (Å²) < 4.78 is 5.38. The van der Waals surface area contributed by atoms with Gasteiger partial charge in [-0.25, -0.2) is 0 Å². The highest BCUT2D eigenvalue weighted by Gasteiger charge is 2.07. The van der Waals surface area contributed by atoms with Crippen LogP contribution in [0.15, 0.2) is 18.2 Å². The molecule has 1 amide bonds. The number of nitrogens with one attached hydrogen (secondary N) is 1. The van der Waals surface area contributed by atoms with E-state index in [0.29, 0.717) is 18.9 Å². The lowest BCUT2D eigenvalue weighted by Crippen LogP contribution is -2.25. The average Bonchev–Trinajstić information content (AvgIpc) is 2.39. The number of benzene rings is 1. The van der Waals surface area contributed by atoms with E-state index in [4.69, 9.17) is 10.00 Å². The molecule has 0 saturated carbocycles. The average molecular weight is 260 g/mol. The maximum atomic E-state index is 11.2. The van der Waals surface area contributed by atoms with Crippen LogP contribution in [0, 0.1) is 11.3 Å². The van der Waals surface area contributed by atoms with Crippen LogP contribution in [0.5, 0.6) is 5.75 Å². The fourth-order valence-corrected chi connectivity index (χ4v) is 1.80. The number of nitrogens with zero attached hydrogens (tertiary/aromatic N) is 1. The lowest BCUT2D eigenvalue weighted by atomic mass is 10.00. The molecule has 102 valence electrons. The summed E-state index contributed by atoms with van der Waals surface area (Å²) >= 11 is 0. The predicted molar refractivity (Wildman–Crippen MR) is 74.0 cm³/mol. The fourth-order valence-electron chi connectivity index (χ4n) is 1.80. The molecule has 0 unspecified atom stereocenters. The van der Waals surface area contributed by atoms with Crippen molar-refractivity contribution < 1.29 is 9.53 Å². The Kier molecular flexibility index (Phi) is 5.87. The lowest BCUT2D eigenvalue weighted by molar-refractivity contribution is -0.120. The largest absolute Gasteiger partial charge is 0.496 e. The number of rotatable bonds is 6. The summed E-state index contributed by atoms with van der Waals surface area (Å²) in [4.78, 5) is 11.2. The van der Waals surface area contributed by atoms with Crippen molar-refractivity contribution in [2.24, 2.45) is 0 Å². The third-order valence-electron chi connectivity index (χ3n) is 2.93. The van der Waals surface area contributed by atoms with Crippen LogP contribution in [0.25, 0.3) is 0 Å². The summed E-state index contributed by atoms with van der Waals surface area (Å²) in [6, 6.07) is 7.98. The van der Waals surface area contributed by atoms with Crippen molar-refractivity contribution in [3.63, 3.8) is 0 Å². The van der Waals surface area contributed by atoms with Crippen LogP contribution in [0.2, 0.25) is 0 Å². The molecule has 1 aromatic carbocycles. The van der Waals surface area contributed by atoms with E-state index < -0.39 is 0 Å². The smallest absolute Gasteiger partial charge is 0.234 e. The van der Waals surface area contributed by atoms with E-state index >= 15 is 0 Å². The first kappa shape index (κ1) is 15.0. The van der Waals surface area contributed by atoms with E-state index in [1.165, 1.54) is 5.56 Å². The maximum Gasteiger partial charge on any atom is 0.234 e. The van der Waals surface area contributed by atoms with Crippen molar-refractivity contribution in [2.75, 3.05) is 13.7 Å². The van der Waals surface area contributed by atoms with E-state index in [0.717, 1.165) is 11.3 Å². The molecule has 1 aromatic rings. The van der Waals surface area contributed by atoms with Gasteiger partial charge >= 0.3 is 0 Å². The fraction of sp³-hybridized carbons (Fsp3) is 0.467. The number of carbonyl (C=O) groups is 1. The summed E-state index contributed by atoms with van der Waals surface area (Å²) in [7, 11) is 1.65. The standard InChI is InChI=1S/C15H20N2O2/c1-11(2)13-5-4-12(14(10-13)19-3)7-9-17-15(18)6-8-16/h4-5,10-11H,6-7,9H2,1-3H3,(H,17,18). The Balaban J connectivity index is 2.63. The number of carbonyl (C=O) groups excluding carboxylic acids is 1. The number of nitriles is 1. The molecule has 1 N–H and O–H groups in total. The second-order valence-electron chi connectivity index (χ2n) is 4.66. The zero-order valence-electron chi connectivity index (χ0n) is 11.7. The normalized spacial score (nSPS) is 10.1. The molecular weight excluding hydrogens is 240 g/mol. The number of amides is 1. The molecule has 0 bridgehead atoms. The second-order valence-corrected chi connectivity index (χ2v) is 4.66. The Labute approximate surface area is 114 Å². The van der Waals surface area contributed by atoms with Gasteiger partial charge in [0.2, 0.25) is 5.91 Å². The molecule has 0 radical (unpaired) electrons. The molecule has 19 heavy (non-hydrogen) atoms. The molecule has 4 heteroatoms. The summed E-state index contributed by atoms with van der Waals surface area (Å²) in [6.07, 6.45) is 0.599. The van der Waals surface area contributed by atoms with Gasteiger partial charge in [0.25, 0.3) is 0 Å². The SMILES string of the molecule is COc1cc(C(C)C)ccc1CCNC(=O)CC#N. The highest BCUT2D eigenvalue weighted by molar-refractivity contribution is 5.77. The van der Waals surface area contributed by atoms with Crippen LogP contribution in [-0.4, -0.2) is 19.6 Å². The summed E-state index contributed by atoms with van der Waals surface area (Å²) in [6.45, 7) is 4.78. The molecule has 0 aliphatic rings. The van der Waals surface area contributed by atoms with Crippen molar-refractivity contribution in [3.8, 4) is 11.8 Å². The van der Waals surface area contributed by atoms with Crippen LogP contribution in [0.1, 0.15) is 37.3 Å². The lowest BCUT2D eigenvalue weighted by Gasteiger charge is -2.12. The first-order valence-electron chi connectivity index (χ1n) is 6.39. The van der Waals surface area contributed by atoms with Gasteiger partial charge in [-0.05, 0) is 29.5 Å². The quantitative estimate of drug-likeness (QED) is 0.854. The van der Waals surface area contributed by atoms with Crippen molar-refractivity contribution in [1.29, 1.82) is 5.26 Å². The van der Waals surface area contributed by atoms with Gasteiger partial charge in [-0.2, -0.15) is 5.26 Å². The van der Waals surface area contributed by atoms with Gasteiger partial charge < -0.3 is 10.1 Å². The van der Waals surface area contributed by atoms with Crippen molar-refractivity contribution in [3.05, 3.63) is 29.3 Å². The minimum absolute atomic E-state index is 0.0938. The van der Waals surface area contributed by atoms with Gasteiger partial charge in [-0.3, -0.25) is 4.79 Å². The molecule has 0 atom stereocenters. The van der Waals surface area contributed by atoms with Crippen molar-refractivity contribution in [2.45, 2.75) is 32.6 Å². The van der Waals surface area contributed by atoms with Gasteiger partial charge in [0, 0.05) is 6.54 Å². The molecular formula is C15H20N2O2. The van der Waals surface area contributed by atoms with Gasteiger partial charge in [0.1, 0.15) is 12.2 Å². The minimum Gasteiger partial charge on any atom is -0.496 e. The number of methoxy groups -OCH3 is 1. The van der Waals surface area contributed by atoms with E-state index in [2.05, 4.69) is 25.2 Å². The molecule has 0 saturated heterocycles. The van der Waals surface area contributed by atoms with Crippen LogP contribution in [0.4, 0.5) is 0 Å². The Bertz CT molecular complexity index is 476. The molecule has 0 aliphatic heterocycles. The maximum absolute atomic E-state index is 11.2. The molecule has 0 heterocycles. The highest BCUT2D eigenvalue weighted by Crippen LogP contribution is 2.24. The Morgan fingerprint density at radius 2 is 2.21 bits per heavy atom. The van der Waals surface area contributed by atoms with Gasteiger partial charge in [0.15, 0.2) is 0 Å². The zero-order chi connectivity index (χ0) is 14.3. The van der Waals surface area contributed by atoms with Crippen LogP contribution in [0.3, 0.4) is 0 Å². The van der Waals surface area contributed by atoms with E-state index in [1.54, 1.807) is 7.11 Å². The predicted octanol–water partition coefficient (Wildman–Crippen LogP) is 2.39. The van der Waals surface area contributed by atoms with E-state index in [9.17, 15) is 4.79 Å². The van der Waals surface area contributed by atoms with Crippen LogP contribution < -0.4 is 10.1 Å². The third kappa shape index (κ3) is 4.63. The molecule has 0 aliphatic carbocycles. The molecule has 4 nitrogen and oxygen atoms in total. The zero-order valence-corrected chi connectivity index (χ0v) is 11.7. The Morgan fingerprint density at radius 3 is 2.79 bits per heavy atom. The number of ether oxygens (including phenoxy) is 1. The van der Waals surface area contributed by atoms with Crippen LogP contribution >= 0.6 is 0 Å². The summed E-state index contributed by atoms with van der Waals surface area (Å²) in [5.74, 6) is 1.07. The molecule has 1 rings (SSSR count). The van der Waals surface area contributed by atoms with Gasteiger partial charge in [-0.15, -0.1) is 0 Å². The van der Waals surface area contributed by atoms with E-state index in [1.807, 2.05) is 18.2 Å². The van der Waals surface area contributed by atoms with Crippen LogP contribution in [-0.2, 0) is 11.2 Å². The van der Waals surface area contributed by atoms with Gasteiger partial charge in [0.05, 0.1) is 13.2 Å². The minimum atomic E-state index is -0.236. The monoisotopic (exact) mass is 260 g/mol. The number of hydrogen-bond donors (Lipinski definition) is 1.